The lowest BCUT2D eigenvalue weighted by atomic mass is 10.1. The Hall–Kier alpha value is -2.28. The van der Waals surface area contributed by atoms with Crippen molar-refractivity contribution in [2.24, 2.45) is 0 Å². The van der Waals surface area contributed by atoms with Gasteiger partial charge in [0.05, 0.1) is 18.8 Å². The number of H-pyrrole nitrogens is 1. The number of rotatable bonds is 5. The summed E-state index contributed by atoms with van der Waals surface area (Å²) in [5.41, 5.74) is 3.57. The van der Waals surface area contributed by atoms with Gasteiger partial charge < -0.3 is 25.8 Å². The molecule has 1 saturated heterocycles. The SMILES string of the molecule is CC[C@H](O)[C@H]1O[C@@H](n2c(=O)n(CC(C)O)c3c(=O)[nH]c(N)nc32)[C@H](O)[C@H]1F. The van der Waals surface area contributed by atoms with E-state index in [0.29, 0.717) is 0 Å². The van der Waals surface area contributed by atoms with Crippen molar-refractivity contribution in [3.05, 3.63) is 20.8 Å². The minimum Gasteiger partial charge on any atom is -0.392 e. The van der Waals surface area contributed by atoms with Crippen LogP contribution in [-0.2, 0) is 11.3 Å². The summed E-state index contributed by atoms with van der Waals surface area (Å²) >= 11 is 0. The molecule has 11 nitrogen and oxygen atoms in total. The van der Waals surface area contributed by atoms with Crippen LogP contribution in [-0.4, -0.2) is 65.0 Å². The van der Waals surface area contributed by atoms with E-state index in [9.17, 15) is 29.3 Å². The Balaban J connectivity index is 2.22. The van der Waals surface area contributed by atoms with Crippen LogP contribution in [0.25, 0.3) is 11.2 Å². The molecule has 0 saturated carbocycles. The molecule has 150 valence electrons. The first-order valence-corrected chi connectivity index (χ1v) is 8.51. The molecule has 1 unspecified atom stereocenters. The molecule has 0 aliphatic carbocycles. The fourth-order valence-corrected chi connectivity index (χ4v) is 3.28. The van der Waals surface area contributed by atoms with Gasteiger partial charge in [0.25, 0.3) is 5.56 Å². The van der Waals surface area contributed by atoms with Crippen LogP contribution in [0, 0.1) is 0 Å². The summed E-state index contributed by atoms with van der Waals surface area (Å²) in [7, 11) is 0. The predicted octanol–water partition coefficient (Wildman–Crippen LogP) is -1.78. The highest BCUT2D eigenvalue weighted by molar-refractivity contribution is 5.71. The van der Waals surface area contributed by atoms with Crippen molar-refractivity contribution in [1.82, 2.24) is 19.1 Å². The van der Waals surface area contributed by atoms with Crippen molar-refractivity contribution in [2.45, 2.75) is 63.6 Å². The van der Waals surface area contributed by atoms with Crippen molar-refractivity contribution >= 4 is 17.1 Å². The highest BCUT2D eigenvalue weighted by Crippen LogP contribution is 2.34. The second kappa shape index (κ2) is 7.03. The summed E-state index contributed by atoms with van der Waals surface area (Å²) in [6.07, 6.45) is -8.59. The molecular formula is C15H22FN5O6. The van der Waals surface area contributed by atoms with Crippen LogP contribution >= 0.6 is 0 Å². The lowest BCUT2D eigenvalue weighted by molar-refractivity contribution is -0.0800. The third-order valence-corrected chi connectivity index (χ3v) is 4.56. The van der Waals surface area contributed by atoms with Crippen LogP contribution in [0.2, 0.25) is 0 Å². The fourth-order valence-electron chi connectivity index (χ4n) is 3.28. The van der Waals surface area contributed by atoms with Crippen LogP contribution in [0.3, 0.4) is 0 Å². The first-order chi connectivity index (χ1) is 12.7. The second-order valence-corrected chi connectivity index (χ2v) is 6.64. The zero-order valence-corrected chi connectivity index (χ0v) is 14.7. The molecule has 3 rings (SSSR count). The molecule has 27 heavy (non-hydrogen) atoms. The molecule has 0 spiro atoms. The monoisotopic (exact) mass is 387 g/mol. The van der Waals surface area contributed by atoms with E-state index < -0.39 is 48.1 Å². The van der Waals surface area contributed by atoms with Crippen molar-refractivity contribution in [1.29, 1.82) is 0 Å². The number of aliphatic hydroxyl groups is 3. The Kier molecular flexibility index (Phi) is 5.08. The zero-order chi connectivity index (χ0) is 20.0. The number of halogens is 1. The number of nitrogens with zero attached hydrogens (tertiary/aromatic N) is 3. The smallest absolute Gasteiger partial charge is 0.332 e. The van der Waals surface area contributed by atoms with Gasteiger partial charge in [-0.05, 0) is 13.3 Å². The summed E-state index contributed by atoms with van der Waals surface area (Å²) in [5.74, 6) is -0.287. The maximum absolute atomic E-state index is 14.5. The number of fused-ring (bicyclic) bond motifs is 1. The van der Waals surface area contributed by atoms with Gasteiger partial charge in [-0.25, -0.2) is 13.8 Å². The first kappa shape index (κ1) is 19.5. The van der Waals surface area contributed by atoms with E-state index in [1.54, 1.807) is 6.92 Å². The number of aromatic amines is 1. The van der Waals surface area contributed by atoms with Crippen molar-refractivity contribution in [3.8, 4) is 0 Å². The number of nitrogens with two attached hydrogens (primary N) is 1. The zero-order valence-electron chi connectivity index (χ0n) is 14.7. The number of aliphatic hydroxyl groups excluding tert-OH is 3. The summed E-state index contributed by atoms with van der Waals surface area (Å²) < 4.78 is 21.7. The Morgan fingerprint density at radius 1 is 1.41 bits per heavy atom. The molecule has 0 aromatic carbocycles. The van der Waals surface area contributed by atoms with Gasteiger partial charge in [0.1, 0.15) is 12.2 Å². The molecule has 6 atom stereocenters. The topological polar surface area (TPSA) is 169 Å². The van der Waals surface area contributed by atoms with E-state index in [1.165, 1.54) is 6.92 Å². The molecule has 0 radical (unpaired) electrons. The van der Waals surface area contributed by atoms with E-state index >= 15 is 0 Å². The standard InChI is InChI=1S/C15H22FN5O6/c1-3-6(23)10-7(16)9(24)13(27-10)21-11-8(12(25)19-14(17)18-11)20(15(21)26)4-5(2)22/h5-7,9-10,13,22-24H,3-4H2,1-2H3,(H3,17,18,19,25)/t5?,6-,7+,9+,10+,13+/m0/s1. The summed E-state index contributed by atoms with van der Waals surface area (Å²) in [6.45, 7) is 2.80. The van der Waals surface area contributed by atoms with E-state index in [-0.39, 0.29) is 30.1 Å². The van der Waals surface area contributed by atoms with Crippen LogP contribution in [0.15, 0.2) is 9.59 Å². The molecular weight excluding hydrogens is 365 g/mol. The van der Waals surface area contributed by atoms with Gasteiger partial charge in [0.15, 0.2) is 23.6 Å². The van der Waals surface area contributed by atoms with Crippen LogP contribution in [0.5, 0.6) is 0 Å². The Morgan fingerprint density at radius 3 is 2.67 bits per heavy atom. The molecule has 0 bridgehead atoms. The minimum absolute atomic E-state index is 0.175. The Bertz CT molecular complexity index is 953. The molecule has 1 aliphatic heterocycles. The van der Waals surface area contributed by atoms with Gasteiger partial charge >= 0.3 is 5.69 Å². The molecule has 3 heterocycles. The molecule has 12 heteroatoms. The number of ether oxygens (including phenoxy) is 1. The first-order valence-electron chi connectivity index (χ1n) is 8.51. The van der Waals surface area contributed by atoms with E-state index in [4.69, 9.17) is 10.5 Å². The lowest BCUT2D eigenvalue weighted by Gasteiger charge is -2.18. The molecule has 1 aliphatic rings. The Morgan fingerprint density at radius 2 is 2.07 bits per heavy atom. The number of alkyl halides is 1. The molecule has 1 fully saturated rings. The maximum atomic E-state index is 14.5. The van der Waals surface area contributed by atoms with Crippen LogP contribution < -0.4 is 17.0 Å². The molecule has 2 aromatic heterocycles. The van der Waals surface area contributed by atoms with Gasteiger partial charge in [-0.2, -0.15) is 4.98 Å². The van der Waals surface area contributed by atoms with Crippen LogP contribution in [0.4, 0.5) is 10.3 Å². The highest BCUT2D eigenvalue weighted by Gasteiger charge is 2.49. The number of nitrogens with one attached hydrogen (secondary N) is 1. The average molecular weight is 387 g/mol. The number of aromatic nitrogens is 4. The van der Waals surface area contributed by atoms with Crippen molar-refractivity contribution in [3.63, 3.8) is 0 Å². The Labute approximate surface area is 151 Å². The average Bonchev–Trinajstić information content (AvgIpc) is 3.02. The highest BCUT2D eigenvalue weighted by atomic mass is 19.1. The molecule has 6 N–H and O–H groups in total. The third-order valence-electron chi connectivity index (χ3n) is 4.56. The minimum atomic E-state index is -1.95. The maximum Gasteiger partial charge on any atom is 0.332 e. The van der Waals surface area contributed by atoms with E-state index in [0.717, 1.165) is 9.13 Å². The number of nitrogen functional groups attached to an aromatic ring is 1. The number of hydrogen-bond donors (Lipinski definition) is 5. The predicted molar refractivity (Wildman–Crippen MR) is 91.8 cm³/mol. The van der Waals surface area contributed by atoms with Crippen LogP contribution in [0.1, 0.15) is 26.5 Å². The van der Waals surface area contributed by atoms with Crippen molar-refractivity contribution < 1.29 is 24.4 Å². The fraction of sp³-hybridized carbons (Fsp3) is 0.667. The third kappa shape index (κ3) is 3.14. The van der Waals surface area contributed by atoms with Gasteiger partial charge in [-0.1, -0.05) is 6.92 Å². The van der Waals surface area contributed by atoms with Gasteiger partial charge in [0.2, 0.25) is 5.95 Å². The molecule has 2 aromatic rings. The quantitative estimate of drug-likeness (QED) is 0.401. The molecule has 0 amide bonds. The largest absolute Gasteiger partial charge is 0.392 e. The van der Waals surface area contributed by atoms with E-state index in [2.05, 4.69) is 9.97 Å². The lowest BCUT2D eigenvalue weighted by Crippen LogP contribution is -2.36. The second-order valence-electron chi connectivity index (χ2n) is 6.64. The van der Waals surface area contributed by atoms with Gasteiger partial charge in [0, 0.05) is 0 Å². The normalized spacial score (nSPS) is 27.9. The van der Waals surface area contributed by atoms with E-state index in [1.807, 2.05) is 0 Å². The van der Waals surface area contributed by atoms with Gasteiger partial charge in [-0.15, -0.1) is 0 Å². The van der Waals surface area contributed by atoms with Crippen molar-refractivity contribution in [2.75, 3.05) is 5.73 Å². The number of imidazole rings is 1. The summed E-state index contributed by atoms with van der Waals surface area (Å²) in [4.78, 5) is 31.4. The number of anilines is 1. The summed E-state index contributed by atoms with van der Waals surface area (Å²) in [6, 6.07) is 0. The number of hydrogen-bond acceptors (Lipinski definition) is 8. The van der Waals surface area contributed by atoms with Gasteiger partial charge in [-0.3, -0.25) is 14.3 Å². The summed E-state index contributed by atoms with van der Waals surface area (Å²) in [5, 5.41) is 29.8.